The lowest BCUT2D eigenvalue weighted by Gasteiger charge is -2.12. The van der Waals surface area contributed by atoms with Crippen molar-refractivity contribution >= 4 is 10.0 Å². The minimum atomic E-state index is -3.62. The zero-order valence-corrected chi connectivity index (χ0v) is 13.5. The van der Waals surface area contributed by atoms with Gasteiger partial charge in [0.1, 0.15) is 10.6 Å². The number of sulfonamides is 1. The van der Waals surface area contributed by atoms with Gasteiger partial charge in [0.25, 0.3) is 0 Å². The van der Waals surface area contributed by atoms with Gasteiger partial charge in [0.2, 0.25) is 10.0 Å². The molecule has 5 nitrogen and oxygen atoms in total. The molecule has 0 aliphatic rings. The molecule has 0 unspecified atom stereocenters. The second kappa shape index (κ2) is 8.03. The van der Waals surface area contributed by atoms with E-state index >= 15 is 0 Å². The van der Waals surface area contributed by atoms with Crippen LogP contribution in [-0.4, -0.2) is 28.6 Å². The van der Waals surface area contributed by atoms with E-state index in [1.54, 1.807) is 12.1 Å². The summed E-state index contributed by atoms with van der Waals surface area (Å²) < 4.78 is 32.4. The van der Waals surface area contributed by atoms with Crippen molar-refractivity contribution in [3.8, 4) is 17.6 Å². The number of nitrogens with two attached hydrogens (primary N) is 1. The van der Waals surface area contributed by atoms with E-state index in [4.69, 9.17) is 10.5 Å². The van der Waals surface area contributed by atoms with E-state index in [-0.39, 0.29) is 11.4 Å². The Kier molecular flexibility index (Phi) is 6.69. The molecule has 1 aromatic carbocycles. The second-order valence-corrected chi connectivity index (χ2v) is 6.69. The normalized spacial score (nSPS) is 11.1. The summed E-state index contributed by atoms with van der Waals surface area (Å²) in [6, 6.07) is 4.80. The largest absolute Gasteiger partial charge is 0.495 e. The molecule has 0 amide bonds. The molecule has 0 saturated carbocycles. The minimum Gasteiger partial charge on any atom is -0.495 e. The Morgan fingerprint density at radius 3 is 2.67 bits per heavy atom. The van der Waals surface area contributed by atoms with Crippen LogP contribution < -0.4 is 15.2 Å². The topological polar surface area (TPSA) is 81.4 Å². The summed E-state index contributed by atoms with van der Waals surface area (Å²) in [5.74, 6) is 6.24. The van der Waals surface area contributed by atoms with Crippen LogP contribution in [-0.2, 0) is 10.0 Å². The molecule has 21 heavy (non-hydrogen) atoms. The maximum absolute atomic E-state index is 12.4. The predicted octanol–water partition coefficient (Wildman–Crippen LogP) is 1.33. The first-order valence-corrected chi connectivity index (χ1v) is 8.25. The summed E-state index contributed by atoms with van der Waals surface area (Å²) in [4.78, 5) is 0.0950. The lowest BCUT2D eigenvalue weighted by Crippen LogP contribution is -2.26. The molecule has 0 bridgehead atoms. The van der Waals surface area contributed by atoms with Gasteiger partial charge in [-0.05, 0) is 30.5 Å². The monoisotopic (exact) mass is 310 g/mol. The summed E-state index contributed by atoms with van der Waals surface area (Å²) >= 11 is 0. The molecular weight excluding hydrogens is 288 g/mol. The van der Waals surface area contributed by atoms with Crippen molar-refractivity contribution in [1.29, 1.82) is 0 Å². The molecule has 3 N–H and O–H groups in total. The van der Waals surface area contributed by atoms with Crippen LogP contribution >= 0.6 is 0 Å². The van der Waals surface area contributed by atoms with Gasteiger partial charge in [0, 0.05) is 12.1 Å². The highest BCUT2D eigenvalue weighted by molar-refractivity contribution is 7.89. The molecule has 116 valence electrons. The maximum Gasteiger partial charge on any atom is 0.244 e. The smallest absolute Gasteiger partial charge is 0.244 e. The van der Waals surface area contributed by atoms with Crippen molar-refractivity contribution in [2.45, 2.75) is 25.2 Å². The van der Waals surface area contributed by atoms with E-state index in [1.807, 2.05) is 13.8 Å². The van der Waals surface area contributed by atoms with Gasteiger partial charge < -0.3 is 10.5 Å². The molecular formula is C15H22N2O3S. The molecule has 1 aromatic rings. The van der Waals surface area contributed by atoms with Crippen molar-refractivity contribution < 1.29 is 13.2 Å². The number of methoxy groups -OCH3 is 1. The number of hydrogen-bond acceptors (Lipinski definition) is 4. The average Bonchev–Trinajstić information content (AvgIpc) is 2.44. The molecule has 0 radical (unpaired) electrons. The van der Waals surface area contributed by atoms with Crippen LogP contribution in [0.4, 0.5) is 0 Å². The fourth-order valence-electron chi connectivity index (χ4n) is 1.68. The average molecular weight is 310 g/mol. The van der Waals surface area contributed by atoms with E-state index in [0.717, 1.165) is 6.42 Å². The zero-order chi connectivity index (χ0) is 15.9. The minimum absolute atomic E-state index is 0.0950. The van der Waals surface area contributed by atoms with Crippen LogP contribution in [0.1, 0.15) is 25.8 Å². The summed E-state index contributed by atoms with van der Waals surface area (Å²) in [6.45, 7) is 4.69. The molecule has 0 saturated heterocycles. The van der Waals surface area contributed by atoms with Crippen LogP contribution in [0.3, 0.4) is 0 Å². The SMILES string of the molecule is COc1ccc(C#CCN)cc1S(=O)(=O)NCCC(C)C. The molecule has 0 fully saturated rings. The molecule has 0 spiro atoms. The Morgan fingerprint density at radius 2 is 2.10 bits per heavy atom. The lowest BCUT2D eigenvalue weighted by molar-refractivity contribution is 0.402. The summed E-state index contributed by atoms with van der Waals surface area (Å²) in [5, 5.41) is 0. The molecule has 0 aliphatic carbocycles. The van der Waals surface area contributed by atoms with Crippen molar-refractivity contribution in [2.75, 3.05) is 20.2 Å². The van der Waals surface area contributed by atoms with Crippen molar-refractivity contribution in [3.63, 3.8) is 0 Å². The van der Waals surface area contributed by atoms with Gasteiger partial charge in [-0.25, -0.2) is 13.1 Å². The summed E-state index contributed by atoms with van der Waals surface area (Å²) in [7, 11) is -2.18. The molecule has 0 aromatic heterocycles. The Bertz CT molecular complexity index is 628. The highest BCUT2D eigenvalue weighted by atomic mass is 32.2. The molecule has 0 atom stereocenters. The Morgan fingerprint density at radius 1 is 1.38 bits per heavy atom. The molecule has 1 rings (SSSR count). The lowest BCUT2D eigenvalue weighted by atomic mass is 10.1. The zero-order valence-electron chi connectivity index (χ0n) is 12.6. The number of nitrogens with one attached hydrogen (secondary N) is 1. The van der Waals surface area contributed by atoms with Crippen molar-refractivity contribution in [2.24, 2.45) is 11.7 Å². The van der Waals surface area contributed by atoms with Gasteiger partial charge in [-0.15, -0.1) is 0 Å². The Labute approximate surface area is 126 Å². The number of benzene rings is 1. The highest BCUT2D eigenvalue weighted by Crippen LogP contribution is 2.24. The second-order valence-electron chi connectivity index (χ2n) is 4.95. The van der Waals surface area contributed by atoms with Gasteiger partial charge in [0.05, 0.1) is 13.7 Å². The van der Waals surface area contributed by atoms with Crippen LogP contribution in [0, 0.1) is 17.8 Å². The number of hydrogen-bond donors (Lipinski definition) is 2. The number of ether oxygens (including phenoxy) is 1. The standard InChI is InChI=1S/C15H22N2O3S/c1-12(2)8-10-17-21(18,19)15-11-13(5-4-9-16)6-7-14(15)20-3/h6-7,11-12,17H,8-10,16H2,1-3H3. The van der Waals surface area contributed by atoms with Crippen LogP contribution in [0.5, 0.6) is 5.75 Å². The number of rotatable bonds is 6. The third kappa shape index (κ3) is 5.38. The van der Waals surface area contributed by atoms with E-state index < -0.39 is 10.0 Å². The van der Waals surface area contributed by atoms with Crippen molar-refractivity contribution in [1.82, 2.24) is 4.72 Å². The van der Waals surface area contributed by atoms with Crippen LogP contribution in [0.15, 0.2) is 23.1 Å². The predicted molar refractivity (Wildman–Crippen MR) is 83.6 cm³/mol. The first kappa shape index (κ1) is 17.5. The third-order valence-corrected chi connectivity index (χ3v) is 4.28. The van der Waals surface area contributed by atoms with Gasteiger partial charge in [0.15, 0.2) is 0 Å². The first-order valence-electron chi connectivity index (χ1n) is 6.77. The van der Waals surface area contributed by atoms with Gasteiger partial charge in [-0.1, -0.05) is 25.7 Å². The van der Waals surface area contributed by atoms with Crippen LogP contribution in [0.25, 0.3) is 0 Å². The summed E-state index contributed by atoms with van der Waals surface area (Å²) in [5.41, 5.74) is 5.91. The Hall–Kier alpha value is -1.55. The van der Waals surface area contributed by atoms with Crippen LogP contribution in [0.2, 0.25) is 0 Å². The highest BCUT2D eigenvalue weighted by Gasteiger charge is 2.19. The molecule has 6 heteroatoms. The summed E-state index contributed by atoms with van der Waals surface area (Å²) in [6.07, 6.45) is 0.772. The maximum atomic E-state index is 12.4. The van der Waals surface area contributed by atoms with Gasteiger partial charge in [-0.2, -0.15) is 0 Å². The van der Waals surface area contributed by atoms with E-state index in [1.165, 1.54) is 13.2 Å². The van der Waals surface area contributed by atoms with Gasteiger partial charge in [-0.3, -0.25) is 0 Å². The van der Waals surface area contributed by atoms with E-state index in [2.05, 4.69) is 16.6 Å². The fourth-order valence-corrected chi connectivity index (χ4v) is 2.92. The third-order valence-electron chi connectivity index (χ3n) is 2.80. The van der Waals surface area contributed by atoms with E-state index in [9.17, 15) is 8.42 Å². The van der Waals surface area contributed by atoms with Gasteiger partial charge >= 0.3 is 0 Å². The van der Waals surface area contributed by atoms with Crippen molar-refractivity contribution in [3.05, 3.63) is 23.8 Å². The quantitative estimate of drug-likeness (QED) is 0.777. The molecule has 0 aliphatic heterocycles. The fraction of sp³-hybridized carbons (Fsp3) is 0.467. The van der Waals surface area contributed by atoms with E-state index in [0.29, 0.717) is 23.8 Å². The Balaban J connectivity index is 3.07. The molecule has 0 heterocycles. The first-order chi connectivity index (χ1) is 9.90.